The van der Waals surface area contributed by atoms with E-state index < -0.39 is 5.97 Å². The van der Waals surface area contributed by atoms with Gasteiger partial charge >= 0.3 is 5.97 Å². The van der Waals surface area contributed by atoms with Gasteiger partial charge in [0.2, 0.25) is 0 Å². The van der Waals surface area contributed by atoms with E-state index in [-0.39, 0.29) is 0 Å². The minimum absolute atomic E-state index is 0.526. The van der Waals surface area contributed by atoms with E-state index in [0.29, 0.717) is 18.1 Å². The second kappa shape index (κ2) is 6.48. The van der Waals surface area contributed by atoms with Gasteiger partial charge in [-0.15, -0.1) is 0 Å². The molecule has 1 aromatic carbocycles. The highest BCUT2D eigenvalue weighted by molar-refractivity contribution is 14.1. The highest BCUT2D eigenvalue weighted by atomic mass is 127. The standard InChI is InChI=1S/C12H13IO4/c1-3-17-10-7-8(4-5-11(14)15)6-9(13)12(10)16-2/h4-7H,3H2,1-2H3,(H,14,15). The molecule has 0 atom stereocenters. The van der Waals surface area contributed by atoms with Crippen molar-refractivity contribution in [2.24, 2.45) is 0 Å². The lowest BCUT2D eigenvalue weighted by Gasteiger charge is -2.11. The average Bonchev–Trinajstić information content (AvgIpc) is 2.26. The van der Waals surface area contributed by atoms with Crippen LogP contribution in [0.25, 0.3) is 6.08 Å². The second-order valence-corrected chi connectivity index (χ2v) is 4.30. The summed E-state index contributed by atoms with van der Waals surface area (Å²) < 4.78 is 11.6. The summed E-state index contributed by atoms with van der Waals surface area (Å²) in [7, 11) is 1.58. The van der Waals surface area contributed by atoms with Crippen LogP contribution in [0.1, 0.15) is 12.5 Å². The van der Waals surface area contributed by atoms with Crippen LogP contribution in [0.3, 0.4) is 0 Å². The third kappa shape index (κ3) is 3.92. The molecule has 1 rings (SSSR count). The maximum absolute atomic E-state index is 10.4. The van der Waals surface area contributed by atoms with Crippen LogP contribution in [0.2, 0.25) is 0 Å². The predicted octanol–water partition coefficient (Wildman–Crippen LogP) is 2.80. The number of hydrogen-bond acceptors (Lipinski definition) is 3. The number of hydrogen-bond donors (Lipinski definition) is 1. The van der Waals surface area contributed by atoms with Gasteiger partial charge in [0.25, 0.3) is 0 Å². The number of ether oxygens (including phenoxy) is 2. The minimum Gasteiger partial charge on any atom is -0.492 e. The SMILES string of the molecule is CCOc1cc(C=CC(=O)O)cc(I)c1OC. The van der Waals surface area contributed by atoms with Gasteiger partial charge < -0.3 is 14.6 Å². The molecule has 0 aliphatic carbocycles. The normalized spacial score (nSPS) is 10.5. The highest BCUT2D eigenvalue weighted by Crippen LogP contribution is 2.34. The van der Waals surface area contributed by atoms with E-state index in [4.69, 9.17) is 14.6 Å². The van der Waals surface area contributed by atoms with Gasteiger partial charge in [0, 0.05) is 6.08 Å². The first kappa shape index (κ1) is 13.8. The third-order valence-electron chi connectivity index (χ3n) is 1.95. The molecule has 0 aliphatic heterocycles. The molecule has 0 fully saturated rings. The first-order chi connectivity index (χ1) is 8.08. The second-order valence-electron chi connectivity index (χ2n) is 3.14. The van der Waals surface area contributed by atoms with Crippen molar-refractivity contribution in [3.8, 4) is 11.5 Å². The summed E-state index contributed by atoms with van der Waals surface area (Å²) in [6.07, 6.45) is 2.61. The van der Waals surface area contributed by atoms with Crippen molar-refractivity contribution in [2.75, 3.05) is 13.7 Å². The van der Waals surface area contributed by atoms with Crippen LogP contribution in [0.15, 0.2) is 18.2 Å². The molecule has 17 heavy (non-hydrogen) atoms. The Morgan fingerprint density at radius 1 is 1.53 bits per heavy atom. The molecule has 0 bridgehead atoms. The summed E-state index contributed by atoms with van der Waals surface area (Å²) >= 11 is 2.12. The lowest BCUT2D eigenvalue weighted by Crippen LogP contribution is -1.98. The lowest BCUT2D eigenvalue weighted by atomic mass is 10.2. The molecule has 0 spiro atoms. The molecule has 0 saturated carbocycles. The summed E-state index contributed by atoms with van der Waals surface area (Å²) in [5, 5.41) is 8.57. The Morgan fingerprint density at radius 2 is 2.24 bits per heavy atom. The molecular weight excluding hydrogens is 335 g/mol. The van der Waals surface area contributed by atoms with Crippen LogP contribution in [0.5, 0.6) is 11.5 Å². The highest BCUT2D eigenvalue weighted by Gasteiger charge is 2.09. The van der Waals surface area contributed by atoms with E-state index in [1.165, 1.54) is 6.08 Å². The third-order valence-corrected chi connectivity index (χ3v) is 2.76. The van der Waals surface area contributed by atoms with Gasteiger partial charge in [-0.2, -0.15) is 0 Å². The summed E-state index contributed by atoms with van der Waals surface area (Å²) in [4.78, 5) is 10.4. The topological polar surface area (TPSA) is 55.8 Å². The van der Waals surface area contributed by atoms with Gasteiger partial charge in [-0.25, -0.2) is 4.79 Å². The van der Waals surface area contributed by atoms with Crippen molar-refractivity contribution in [1.82, 2.24) is 0 Å². The zero-order chi connectivity index (χ0) is 12.8. The molecule has 0 radical (unpaired) electrons. The van der Waals surface area contributed by atoms with Gasteiger partial charge in [-0.3, -0.25) is 0 Å². The fraction of sp³-hybridized carbons (Fsp3) is 0.250. The van der Waals surface area contributed by atoms with E-state index in [1.807, 2.05) is 13.0 Å². The summed E-state index contributed by atoms with van der Waals surface area (Å²) in [6.45, 7) is 2.41. The first-order valence-corrected chi connectivity index (χ1v) is 6.07. The zero-order valence-electron chi connectivity index (χ0n) is 9.57. The molecule has 0 aromatic heterocycles. The van der Waals surface area contributed by atoms with Crippen LogP contribution >= 0.6 is 22.6 Å². The molecule has 1 aromatic rings. The maximum atomic E-state index is 10.4. The fourth-order valence-electron chi connectivity index (χ4n) is 1.31. The zero-order valence-corrected chi connectivity index (χ0v) is 11.7. The maximum Gasteiger partial charge on any atom is 0.328 e. The minimum atomic E-state index is -0.978. The van der Waals surface area contributed by atoms with Gasteiger partial charge in [-0.1, -0.05) is 0 Å². The molecule has 0 unspecified atom stereocenters. The Hall–Kier alpha value is -1.24. The Bertz CT molecular complexity index is 440. The monoisotopic (exact) mass is 348 g/mol. The van der Waals surface area contributed by atoms with Gasteiger partial charge in [0.1, 0.15) is 0 Å². The van der Waals surface area contributed by atoms with Crippen molar-refractivity contribution in [1.29, 1.82) is 0 Å². The Kier molecular flexibility index (Phi) is 5.27. The fourth-order valence-corrected chi connectivity index (χ4v) is 2.16. The number of methoxy groups -OCH3 is 1. The van der Waals surface area contributed by atoms with Crippen LogP contribution in [0, 0.1) is 3.57 Å². The van der Waals surface area contributed by atoms with Crippen LogP contribution in [-0.2, 0) is 4.79 Å². The Labute approximate surface area is 113 Å². The summed E-state index contributed by atoms with van der Waals surface area (Å²) in [6, 6.07) is 3.59. The van der Waals surface area contributed by atoms with Crippen molar-refractivity contribution in [3.05, 3.63) is 27.3 Å². The van der Waals surface area contributed by atoms with Crippen molar-refractivity contribution >= 4 is 34.6 Å². The summed E-state index contributed by atoms with van der Waals surface area (Å²) in [5.74, 6) is 0.306. The van der Waals surface area contributed by atoms with E-state index in [1.54, 1.807) is 13.2 Å². The molecule has 0 heterocycles. The van der Waals surface area contributed by atoms with Gasteiger partial charge in [0.05, 0.1) is 17.3 Å². The summed E-state index contributed by atoms with van der Waals surface area (Å²) in [5.41, 5.74) is 0.765. The van der Waals surface area contributed by atoms with Crippen LogP contribution in [-0.4, -0.2) is 24.8 Å². The molecule has 5 heteroatoms. The van der Waals surface area contributed by atoms with Crippen LogP contribution < -0.4 is 9.47 Å². The lowest BCUT2D eigenvalue weighted by molar-refractivity contribution is -0.131. The number of aliphatic carboxylic acids is 1. The molecule has 0 amide bonds. The molecule has 1 N–H and O–H groups in total. The Balaban J connectivity index is 3.14. The number of benzene rings is 1. The van der Waals surface area contributed by atoms with Gasteiger partial charge in [-0.05, 0) is 53.3 Å². The van der Waals surface area contributed by atoms with Crippen molar-refractivity contribution < 1.29 is 19.4 Å². The average molecular weight is 348 g/mol. The smallest absolute Gasteiger partial charge is 0.328 e. The number of carbonyl (C=O) groups is 1. The molecular formula is C12H13IO4. The number of halogens is 1. The number of carboxylic acids is 1. The molecule has 92 valence electrons. The van der Waals surface area contributed by atoms with E-state index in [9.17, 15) is 4.79 Å². The largest absolute Gasteiger partial charge is 0.492 e. The number of rotatable bonds is 5. The quantitative estimate of drug-likeness (QED) is 0.657. The van der Waals surface area contributed by atoms with Crippen molar-refractivity contribution in [3.63, 3.8) is 0 Å². The molecule has 4 nitrogen and oxygen atoms in total. The molecule has 0 aliphatic rings. The first-order valence-electron chi connectivity index (χ1n) is 4.99. The van der Waals surface area contributed by atoms with E-state index >= 15 is 0 Å². The van der Waals surface area contributed by atoms with E-state index in [0.717, 1.165) is 15.2 Å². The van der Waals surface area contributed by atoms with E-state index in [2.05, 4.69) is 22.6 Å². The van der Waals surface area contributed by atoms with Gasteiger partial charge in [0.15, 0.2) is 11.5 Å². The number of carboxylic acid groups (broad SMARTS) is 1. The van der Waals surface area contributed by atoms with Crippen LogP contribution in [0.4, 0.5) is 0 Å². The molecule has 0 saturated heterocycles. The van der Waals surface area contributed by atoms with Crippen molar-refractivity contribution in [2.45, 2.75) is 6.92 Å². The predicted molar refractivity (Wildman–Crippen MR) is 73.5 cm³/mol. The Morgan fingerprint density at radius 3 is 2.76 bits per heavy atom.